The lowest BCUT2D eigenvalue weighted by molar-refractivity contribution is 0.0696. The van der Waals surface area contributed by atoms with E-state index < -0.39 is 11.8 Å². The number of carbonyl (C=O) groups is 1. The molecule has 0 saturated carbocycles. The van der Waals surface area contributed by atoms with Crippen molar-refractivity contribution in [1.82, 2.24) is 0 Å². The van der Waals surface area contributed by atoms with Gasteiger partial charge in [-0.2, -0.15) is 0 Å². The first-order valence-electron chi connectivity index (χ1n) is 6.44. The zero-order valence-corrected chi connectivity index (χ0v) is 11.7. The van der Waals surface area contributed by atoms with Gasteiger partial charge in [-0.3, -0.25) is 0 Å². The van der Waals surface area contributed by atoms with Gasteiger partial charge in [0.15, 0.2) is 0 Å². The number of hydrogen-bond acceptors (Lipinski definition) is 2. The Balaban J connectivity index is 2.21. The van der Waals surface area contributed by atoms with E-state index in [0.717, 1.165) is 6.07 Å². The average molecular weight is 291 g/mol. The molecule has 0 heterocycles. The third-order valence-electron chi connectivity index (χ3n) is 3.28. The number of aryl methyl sites for hydroxylation is 1. The lowest BCUT2D eigenvalue weighted by Gasteiger charge is -2.17. The summed E-state index contributed by atoms with van der Waals surface area (Å²) in [4.78, 5) is 10.7. The third kappa shape index (κ3) is 3.37. The number of nitrogens with one attached hydrogen (secondary N) is 1. The molecule has 0 saturated heterocycles. The molecule has 0 amide bonds. The maximum absolute atomic E-state index is 13.8. The first-order valence-corrected chi connectivity index (χ1v) is 6.44. The van der Waals surface area contributed by atoms with Crippen LogP contribution in [0.3, 0.4) is 0 Å². The minimum Gasteiger partial charge on any atom is -0.478 e. The fourth-order valence-corrected chi connectivity index (χ4v) is 1.96. The first-order chi connectivity index (χ1) is 9.88. The number of carboxylic acids is 1. The van der Waals surface area contributed by atoms with Crippen molar-refractivity contribution in [3.63, 3.8) is 0 Å². The molecule has 2 aromatic carbocycles. The highest BCUT2D eigenvalue weighted by Gasteiger charge is 2.12. The van der Waals surface area contributed by atoms with Crippen LogP contribution in [0.15, 0.2) is 36.4 Å². The van der Waals surface area contributed by atoms with Crippen LogP contribution in [0.4, 0.5) is 14.5 Å². The van der Waals surface area contributed by atoms with Crippen LogP contribution in [-0.2, 0) is 0 Å². The molecule has 0 aliphatic heterocycles. The minimum absolute atomic E-state index is 0.118. The monoisotopic (exact) mass is 291 g/mol. The Morgan fingerprint density at radius 2 is 1.86 bits per heavy atom. The lowest BCUT2D eigenvalue weighted by atomic mass is 10.1. The van der Waals surface area contributed by atoms with Crippen LogP contribution in [0.5, 0.6) is 0 Å². The van der Waals surface area contributed by atoms with E-state index in [1.54, 1.807) is 26.0 Å². The summed E-state index contributed by atoms with van der Waals surface area (Å²) in [5, 5.41) is 11.7. The zero-order valence-electron chi connectivity index (χ0n) is 11.7. The maximum Gasteiger partial charge on any atom is 0.335 e. The van der Waals surface area contributed by atoms with Gasteiger partial charge in [0.1, 0.15) is 11.6 Å². The molecule has 5 heteroatoms. The van der Waals surface area contributed by atoms with Crippen molar-refractivity contribution in [1.29, 1.82) is 0 Å². The van der Waals surface area contributed by atoms with Crippen molar-refractivity contribution in [3.8, 4) is 0 Å². The number of halogens is 2. The zero-order chi connectivity index (χ0) is 15.6. The van der Waals surface area contributed by atoms with E-state index in [0.29, 0.717) is 11.1 Å². The van der Waals surface area contributed by atoms with E-state index in [2.05, 4.69) is 5.32 Å². The largest absolute Gasteiger partial charge is 0.478 e. The second kappa shape index (κ2) is 5.91. The molecule has 0 aliphatic carbocycles. The van der Waals surface area contributed by atoms with Crippen LogP contribution in [0.2, 0.25) is 0 Å². The van der Waals surface area contributed by atoms with Crippen molar-refractivity contribution in [2.75, 3.05) is 5.32 Å². The first kappa shape index (κ1) is 15.0. The van der Waals surface area contributed by atoms with Gasteiger partial charge in [0.2, 0.25) is 0 Å². The molecule has 0 spiro atoms. The number of hydrogen-bond donors (Lipinski definition) is 2. The standard InChI is InChI=1S/C16H15F2NO2/c1-9-3-4-11(7-13(9)17)10(2)19-15-6-5-12(16(20)21)8-14(15)18/h3-8,10,19H,1-2H3,(H,20,21). The van der Waals surface area contributed by atoms with Crippen molar-refractivity contribution < 1.29 is 18.7 Å². The molecule has 0 bridgehead atoms. The molecule has 110 valence electrons. The van der Waals surface area contributed by atoms with Gasteiger partial charge >= 0.3 is 5.97 Å². The Morgan fingerprint density at radius 1 is 1.14 bits per heavy atom. The van der Waals surface area contributed by atoms with Gasteiger partial charge in [0.05, 0.1) is 11.3 Å². The molecule has 0 aromatic heterocycles. The van der Waals surface area contributed by atoms with Crippen LogP contribution in [0.1, 0.15) is 34.5 Å². The summed E-state index contributed by atoms with van der Waals surface area (Å²) in [6.07, 6.45) is 0. The molecule has 0 aliphatic rings. The topological polar surface area (TPSA) is 49.3 Å². The van der Waals surface area contributed by atoms with Gasteiger partial charge in [-0.05, 0) is 49.2 Å². The Hall–Kier alpha value is -2.43. The number of rotatable bonds is 4. The SMILES string of the molecule is Cc1ccc(C(C)Nc2ccc(C(=O)O)cc2F)cc1F. The Bertz CT molecular complexity index is 686. The second-order valence-electron chi connectivity index (χ2n) is 4.87. The van der Waals surface area contributed by atoms with Gasteiger partial charge in [-0.15, -0.1) is 0 Å². The molecular formula is C16H15F2NO2. The minimum atomic E-state index is -1.19. The van der Waals surface area contributed by atoms with Crippen LogP contribution in [0, 0.1) is 18.6 Å². The number of anilines is 1. The fourth-order valence-electron chi connectivity index (χ4n) is 1.96. The summed E-state index contributed by atoms with van der Waals surface area (Å²) in [6, 6.07) is 8.14. The predicted molar refractivity (Wildman–Crippen MR) is 76.5 cm³/mol. The summed E-state index contributed by atoms with van der Waals surface area (Å²) >= 11 is 0. The highest BCUT2D eigenvalue weighted by Crippen LogP contribution is 2.23. The van der Waals surface area contributed by atoms with E-state index >= 15 is 0 Å². The smallest absolute Gasteiger partial charge is 0.335 e. The van der Waals surface area contributed by atoms with E-state index in [1.165, 1.54) is 18.2 Å². The molecule has 2 rings (SSSR count). The molecule has 3 nitrogen and oxygen atoms in total. The molecule has 2 N–H and O–H groups in total. The summed E-state index contributed by atoms with van der Waals surface area (Å²) in [7, 11) is 0. The predicted octanol–water partition coefficient (Wildman–Crippen LogP) is 4.14. The molecule has 1 atom stereocenters. The van der Waals surface area contributed by atoms with Gasteiger partial charge in [0.25, 0.3) is 0 Å². The van der Waals surface area contributed by atoms with Crippen molar-refractivity contribution in [2.45, 2.75) is 19.9 Å². The summed E-state index contributed by atoms with van der Waals surface area (Å²) in [5.74, 6) is -2.16. The Kier molecular flexibility index (Phi) is 4.21. The molecular weight excluding hydrogens is 276 g/mol. The highest BCUT2D eigenvalue weighted by molar-refractivity contribution is 5.88. The van der Waals surface area contributed by atoms with E-state index in [1.807, 2.05) is 0 Å². The second-order valence-corrected chi connectivity index (χ2v) is 4.87. The van der Waals surface area contributed by atoms with Crippen molar-refractivity contribution in [3.05, 3.63) is 64.7 Å². The molecule has 0 fully saturated rings. The molecule has 0 radical (unpaired) electrons. The van der Waals surface area contributed by atoms with Crippen LogP contribution < -0.4 is 5.32 Å². The Labute approximate surface area is 121 Å². The fraction of sp³-hybridized carbons (Fsp3) is 0.188. The van der Waals surface area contributed by atoms with Crippen molar-refractivity contribution >= 4 is 11.7 Å². The van der Waals surface area contributed by atoms with Crippen LogP contribution in [-0.4, -0.2) is 11.1 Å². The number of carboxylic acid groups (broad SMARTS) is 1. The van der Waals surface area contributed by atoms with Gasteiger partial charge in [0, 0.05) is 6.04 Å². The number of aromatic carboxylic acids is 1. The Morgan fingerprint density at radius 3 is 2.43 bits per heavy atom. The number of benzene rings is 2. The van der Waals surface area contributed by atoms with E-state index in [4.69, 9.17) is 5.11 Å². The van der Waals surface area contributed by atoms with Crippen molar-refractivity contribution in [2.24, 2.45) is 0 Å². The molecule has 1 unspecified atom stereocenters. The quantitative estimate of drug-likeness (QED) is 0.890. The highest BCUT2D eigenvalue weighted by atomic mass is 19.1. The van der Waals surface area contributed by atoms with Crippen LogP contribution >= 0.6 is 0 Å². The summed E-state index contributed by atoms with van der Waals surface area (Å²) < 4.78 is 27.4. The van der Waals surface area contributed by atoms with E-state index in [9.17, 15) is 13.6 Å². The summed E-state index contributed by atoms with van der Waals surface area (Å²) in [6.45, 7) is 3.44. The van der Waals surface area contributed by atoms with Crippen LogP contribution in [0.25, 0.3) is 0 Å². The van der Waals surface area contributed by atoms with Gasteiger partial charge in [-0.1, -0.05) is 12.1 Å². The summed E-state index contributed by atoms with van der Waals surface area (Å²) in [5.41, 5.74) is 1.28. The molecule has 21 heavy (non-hydrogen) atoms. The molecule has 2 aromatic rings. The van der Waals surface area contributed by atoms with Gasteiger partial charge < -0.3 is 10.4 Å². The lowest BCUT2D eigenvalue weighted by Crippen LogP contribution is -2.09. The average Bonchev–Trinajstić information content (AvgIpc) is 2.43. The van der Waals surface area contributed by atoms with E-state index in [-0.39, 0.29) is 23.1 Å². The maximum atomic E-state index is 13.8. The van der Waals surface area contributed by atoms with Gasteiger partial charge in [-0.25, -0.2) is 13.6 Å². The normalized spacial score (nSPS) is 12.0. The third-order valence-corrected chi connectivity index (χ3v) is 3.28.